The number of para-hydroxylation sites is 1. The molecule has 5 nitrogen and oxygen atoms in total. The van der Waals surface area contributed by atoms with Crippen LogP contribution in [0.1, 0.15) is 53.6 Å². The highest BCUT2D eigenvalue weighted by Gasteiger charge is 2.37. The van der Waals surface area contributed by atoms with Gasteiger partial charge in [0.15, 0.2) is 0 Å². The molecule has 1 fully saturated rings. The molecule has 2 aliphatic heterocycles. The van der Waals surface area contributed by atoms with Gasteiger partial charge in [0.25, 0.3) is 5.91 Å². The van der Waals surface area contributed by atoms with Crippen molar-refractivity contribution in [2.24, 2.45) is 5.41 Å². The minimum absolute atomic E-state index is 0.000210. The van der Waals surface area contributed by atoms with Gasteiger partial charge in [0.1, 0.15) is 18.2 Å². The molecule has 1 spiro atoms. The number of carbonyl (C=O) groups is 1. The molecule has 0 radical (unpaired) electrons. The third kappa shape index (κ3) is 6.55. The van der Waals surface area contributed by atoms with Gasteiger partial charge < -0.3 is 9.64 Å². The Morgan fingerprint density at radius 2 is 1.76 bits per heavy atom. The maximum absolute atomic E-state index is 13.4. The molecule has 1 aromatic heterocycles. The highest BCUT2D eigenvalue weighted by Crippen LogP contribution is 2.39. The number of hydrogen-bond donors (Lipinski definition) is 0. The summed E-state index contributed by atoms with van der Waals surface area (Å²) in [6.45, 7) is 4.75. The van der Waals surface area contributed by atoms with Gasteiger partial charge in [-0.15, -0.1) is 0 Å². The van der Waals surface area contributed by atoms with Crippen molar-refractivity contribution in [3.8, 4) is 5.75 Å². The summed E-state index contributed by atoms with van der Waals surface area (Å²) in [7, 11) is 0. The number of nitrogens with zero attached hydrogens (tertiary/aromatic N) is 3. The number of ether oxygens (including phenoxy) is 1. The fourth-order valence-electron chi connectivity index (χ4n) is 5.84. The molecular formula is C31H36FN3O2. The summed E-state index contributed by atoms with van der Waals surface area (Å²) in [6, 6.07) is 18.4. The van der Waals surface area contributed by atoms with E-state index >= 15 is 0 Å². The van der Waals surface area contributed by atoms with Gasteiger partial charge in [-0.1, -0.05) is 30.7 Å². The van der Waals surface area contributed by atoms with Crippen LogP contribution >= 0.6 is 0 Å². The summed E-state index contributed by atoms with van der Waals surface area (Å²) in [4.78, 5) is 21.9. The minimum Gasteiger partial charge on any atom is -0.492 e. The predicted molar refractivity (Wildman–Crippen MR) is 143 cm³/mol. The molecule has 1 saturated heterocycles. The second-order valence-corrected chi connectivity index (χ2v) is 10.5. The second kappa shape index (κ2) is 11.9. The molecule has 1 amide bonds. The van der Waals surface area contributed by atoms with Crippen LogP contribution in [0.3, 0.4) is 0 Å². The Bertz CT molecular complexity index is 1160. The molecule has 0 N–H and O–H groups in total. The molecule has 6 heteroatoms. The molecule has 3 aromatic rings. The fraction of sp³-hybridized carbons (Fsp3) is 0.419. The number of carbonyl (C=O) groups excluding carboxylic acids is 1. The van der Waals surface area contributed by atoms with Crippen molar-refractivity contribution in [3.63, 3.8) is 0 Å². The summed E-state index contributed by atoms with van der Waals surface area (Å²) in [5.41, 5.74) is 3.20. The van der Waals surface area contributed by atoms with E-state index in [-0.39, 0.29) is 17.1 Å². The molecule has 0 aliphatic carbocycles. The monoisotopic (exact) mass is 501 g/mol. The Morgan fingerprint density at radius 1 is 0.946 bits per heavy atom. The van der Waals surface area contributed by atoms with Crippen molar-refractivity contribution in [2.45, 2.75) is 45.1 Å². The van der Waals surface area contributed by atoms with Gasteiger partial charge >= 0.3 is 0 Å². The van der Waals surface area contributed by atoms with Crippen LogP contribution < -0.4 is 4.74 Å². The lowest BCUT2D eigenvalue weighted by Gasteiger charge is -2.45. The lowest BCUT2D eigenvalue weighted by molar-refractivity contribution is 0.0361. The van der Waals surface area contributed by atoms with Crippen LogP contribution in [-0.2, 0) is 13.0 Å². The predicted octanol–water partition coefficient (Wildman–Crippen LogP) is 5.75. The SMILES string of the molecule is O=C(c1ccc(F)cc1)N1CCC2(CCCCc3ccccc3OCCN(Cc3cccnc3)C2)CC1. The second-order valence-electron chi connectivity index (χ2n) is 10.5. The van der Waals surface area contributed by atoms with Gasteiger partial charge in [-0.05, 0) is 85.0 Å². The molecule has 5 rings (SSSR count). The molecule has 37 heavy (non-hydrogen) atoms. The van der Waals surface area contributed by atoms with Crippen molar-refractivity contribution >= 4 is 5.91 Å². The van der Waals surface area contributed by atoms with Crippen molar-refractivity contribution < 1.29 is 13.9 Å². The summed E-state index contributed by atoms with van der Waals surface area (Å²) >= 11 is 0. The van der Waals surface area contributed by atoms with E-state index < -0.39 is 0 Å². The Kier molecular flexibility index (Phi) is 8.15. The molecule has 0 saturated carbocycles. The lowest BCUT2D eigenvalue weighted by atomic mass is 9.73. The molecule has 2 aliphatic rings. The molecule has 2 aromatic carbocycles. The maximum atomic E-state index is 13.4. The van der Waals surface area contributed by atoms with Crippen molar-refractivity contribution in [2.75, 3.05) is 32.8 Å². The number of rotatable bonds is 3. The maximum Gasteiger partial charge on any atom is 0.253 e. The van der Waals surface area contributed by atoms with E-state index in [1.54, 1.807) is 12.1 Å². The number of halogens is 1. The van der Waals surface area contributed by atoms with Crippen LogP contribution in [0.25, 0.3) is 0 Å². The van der Waals surface area contributed by atoms with Gasteiger partial charge in [0.2, 0.25) is 0 Å². The van der Waals surface area contributed by atoms with Gasteiger partial charge in [-0.25, -0.2) is 4.39 Å². The summed E-state index contributed by atoms with van der Waals surface area (Å²) in [6.07, 6.45) is 10.2. The summed E-state index contributed by atoms with van der Waals surface area (Å²) < 4.78 is 19.6. The summed E-state index contributed by atoms with van der Waals surface area (Å²) in [5.74, 6) is 0.689. The number of aryl methyl sites for hydroxylation is 1. The smallest absolute Gasteiger partial charge is 0.253 e. The zero-order valence-corrected chi connectivity index (χ0v) is 21.4. The first-order valence-electron chi connectivity index (χ1n) is 13.5. The highest BCUT2D eigenvalue weighted by molar-refractivity contribution is 5.94. The van der Waals surface area contributed by atoms with Gasteiger partial charge in [0.05, 0.1) is 0 Å². The quantitative estimate of drug-likeness (QED) is 0.458. The van der Waals surface area contributed by atoms with Crippen LogP contribution in [0.2, 0.25) is 0 Å². The molecule has 194 valence electrons. The van der Waals surface area contributed by atoms with E-state index in [0.717, 1.165) is 77.0 Å². The number of likely N-dealkylation sites (tertiary alicyclic amines) is 1. The van der Waals surface area contributed by atoms with E-state index in [1.165, 1.54) is 23.3 Å². The van der Waals surface area contributed by atoms with E-state index in [1.807, 2.05) is 29.4 Å². The van der Waals surface area contributed by atoms with E-state index in [4.69, 9.17) is 4.74 Å². The molecule has 0 unspecified atom stereocenters. The van der Waals surface area contributed by atoms with Crippen LogP contribution in [0.4, 0.5) is 4.39 Å². The van der Waals surface area contributed by atoms with E-state index in [0.29, 0.717) is 12.2 Å². The van der Waals surface area contributed by atoms with Crippen LogP contribution in [0, 0.1) is 11.2 Å². The number of pyridine rings is 1. The largest absolute Gasteiger partial charge is 0.492 e. The topological polar surface area (TPSA) is 45.7 Å². The lowest BCUT2D eigenvalue weighted by Crippen LogP contribution is -2.48. The van der Waals surface area contributed by atoms with Crippen molar-refractivity contribution in [3.05, 3.63) is 95.6 Å². The third-order valence-electron chi connectivity index (χ3n) is 7.93. The first-order valence-corrected chi connectivity index (χ1v) is 13.5. The zero-order valence-electron chi connectivity index (χ0n) is 21.4. The fourth-order valence-corrected chi connectivity index (χ4v) is 5.84. The average molecular weight is 502 g/mol. The molecule has 0 atom stereocenters. The molecule has 0 bridgehead atoms. The van der Waals surface area contributed by atoms with Gasteiger partial charge in [-0.2, -0.15) is 0 Å². The Labute approximate surface area is 219 Å². The van der Waals surface area contributed by atoms with Crippen LogP contribution in [-0.4, -0.2) is 53.5 Å². The summed E-state index contributed by atoms with van der Waals surface area (Å²) in [5, 5.41) is 0. The first kappa shape index (κ1) is 25.4. The van der Waals surface area contributed by atoms with Crippen molar-refractivity contribution in [1.82, 2.24) is 14.8 Å². The Morgan fingerprint density at radius 3 is 2.54 bits per heavy atom. The Balaban J connectivity index is 1.32. The number of hydrogen-bond acceptors (Lipinski definition) is 4. The zero-order chi connectivity index (χ0) is 25.5. The van der Waals surface area contributed by atoms with Crippen LogP contribution in [0.15, 0.2) is 73.1 Å². The first-order chi connectivity index (χ1) is 18.1. The highest BCUT2D eigenvalue weighted by atomic mass is 19.1. The van der Waals surface area contributed by atoms with E-state index in [9.17, 15) is 9.18 Å². The van der Waals surface area contributed by atoms with Crippen LogP contribution in [0.5, 0.6) is 5.75 Å². The minimum atomic E-state index is -0.317. The van der Waals surface area contributed by atoms with Crippen molar-refractivity contribution in [1.29, 1.82) is 0 Å². The van der Waals surface area contributed by atoms with E-state index in [2.05, 4.69) is 34.1 Å². The standard InChI is InChI=1S/C31H36FN3O2/c32-28-12-10-27(11-13-28)30(36)35-18-15-31(16-19-35)14-4-3-8-26-7-1-2-9-29(26)37-21-20-34(24-31)23-25-6-5-17-33-22-25/h1-2,5-7,9-13,17,22H,3-4,8,14-16,18-21,23-24H2. The number of aromatic nitrogens is 1. The van der Waals surface area contributed by atoms with Gasteiger partial charge in [0, 0.05) is 50.7 Å². The number of fused-ring (bicyclic) bond motifs is 1. The number of amides is 1. The number of benzene rings is 2. The van der Waals surface area contributed by atoms with Gasteiger partial charge in [-0.3, -0.25) is 14.7 Å². The molecule has 3 heterocycles. The molecular weight excluding hydrogens is 465 g/mol. The average Bonchev–Trinajstić information content (AvgIpc) is 2.92. The normalized spacial score (nSPS) is 18.8. The Hall–Kier alpha value is -3.25. The number of piperidine rings is 1. The third-order valence-corrected chi connectivity index (χ3v) is 7.93.